The van der Waals surface area contributed by atoms with E-state index >= 15 is 0 Å². The molecule has 4 aromatic rings. The summed E-state index contributed by atoms with van der Waals surface area (Å²) < 4.78 is 20.1. The summed E-state index contributed by atoms with van der Waals surface area (Å²) in [6.45, 7) is 4.78. The number of rotatable bonds is 3. The first-order chi connectivity index (χ1) is 13.5. The predicted molar refractivity (Wildman–Crippen MR) is 111 cm³/mol. The van der Waals surface area contributed by atoms with E-state index in [1.165, 1.54) is 12.1 Å². The molecule has 0 spiro atoms. The van der Waals surface area contributed by atoms with Gasteiger partial charge in [-0.05, 0) is 37.6 Å². The molecule has 0 bridgehead atoms. The number of thioether (sulfide) groups is 1. The molecule has 0 radical (unpaired) electrons. The molecule has 4 nitrogen and oxygen atoms in total. The molecule has 1 aliphatic heterocycles. The molecule has 7 heteroatoms. The van der Waals surface area contributed by atoms with Crippen LogP contribution in [0.25, 0.3) is 20.4 Å². The molecule has 3 aromatic heterocycles. The number of ether oxygens (including phenoxy) is 1. The SMILES string of the molecule is CC1(C)Cc2nc3sc4c(SCc5ccc(F)cc5)ncnc4c3cc2CO1. The second kappa shape index (κ2) is 6.76. The van der Waals surface area contributed by atoms with Crippen LogP contribution in [0, 0.1) is 5.82 Å². The number of fused-ring (bicyclic) bond motifs is 4. The lowest BCUT2D eigenvalue weighted by Crippen LogP contribution is -2.32. The number of hydrogen-bond donors (Lipinski definition) is 0. The minimum atomic E-state index is -0.218. The van der Waals surface area contributed by atoms with Crippen molar-refractivity contribution in [2.45, 2.75) is 43.3 Å². The molecule has 28 heavy (non-hydrogen) atoms. The fraction of sp³-hybridized carbons (Fsp3) is 0.286. The van der Waals surface area contributed by atoms with Crippen molar-refractivity contribution in [3.63, 3.8) is 0 Å². The Morgan fingerprint density at radius 2 is 2.04 bits per heavy atom. The van der Waals surface area contributed by atoms with Crippen molar-refractivity contribution in [2.75, 3.05) is 0 Å². The Morgan fingerprint density at radius 3 is 2.86 bits per heavy atom. The quantitative estimate of drug-likeness (QED) is 0.328. The van der Waals surface area contributed by atoms with Gasteiger partial charge in [0.25, 0.3) is 0 Å². The molecule has 0 N–H and O–H groups in total. The summed E-state index contributed by atoms with van der Waals surface area (Å²) in [5, 5.41) is 2.00. The number of benzene rings is 1. The maximum atomic E-state index is 13.1. The summed E-state index contributed by atoms with van der Waals surface area (Å²) in [4.78, 5) is 15.0. The van der Waals surface area contributed by atoms with Gasteiger partial charge in [0.2, 0.25) is 0 Å². The van der Waals surface area contributed by atoms with Crippen LogP contribution < -0.4 is 0 Å². The summed E-state index contributed by atoms with van der Waals surface area (Å²) in [6, 6.07) is 8.77. The summed E-state index contributed by atoms with van der Waals surface area (Å²) in [6.07, 6.45) is 2.42. The lowest BCUT2D eigenvalue weighted by molar-refractivity contribution is -0.0411. The van der Waals surface area contributed by atoms with Crippen molar-refractivity contribution < 1.29 is 9.13 Å². The fourth-order valence-electron chi connectivity index (χ4n) is 3.40. The second-order valence-electron chi connectivity index (χ2n) is 7.55. The number of pyridine rings is 1. The smallest absolute Gasteiger partial charge is 0.126 e. The Morgan fingerprint density at radius 1 is 1.21 bits per heavy atom. The minimum absolute atomic E-state index is 0.180. The number of halogens is 1. The zero-order valence-electron chi connectivity index (χ0n) is 15.5. The highest BCUT2D eigenvalue weighted by atomic mass is 32.2. The maximum absolute atomic E-state index is 13.1. The second-order valence-corrected chi connectivity index (χ2v) is 9.51. The molecule has 1 aliphatic rings. The topological polar surface area (TPSA) is 47.9 Å². The molecule has 0 amide bonds. The van der Waals surface area contributed by atoms with Crippen molar-refractivity contribution in [1.29, 1.82) is 0 Å². The fourth-order valence-corrected chi connectivity index (χ4v) is 5.56. The van der Waals surface area contributed by atoms with E-state index in [0.29, 0.717) is 6.61 Å². The third kappa shape index (κ3) is 3.27. The van der Waals surface area contributed by atoms with Gasteiger partial charge in [0.05, 0.1) is 28.1 Å². The highest BCUT2D eigenvalue weighted by Gasteiger charge is 2.28. The van der Waals surface area contributed by atoms with Gasteiger partial charge in [-0.1, -0.05) is 12.1 Å². The van der Waals surface area contributed by atoms with E-state index in [9.17, 15) is 4.39 Å². The Labute approximate surface area is 170 Å². The van der Waals surface area contributed by atoms with Crippen molar-refractivity contribution >= 4 is 43.5 Å². The highest BCUT2D eigenvalue weighted by Crippen LogP contribution is 2.39. The van der Waals surface area contributed by atoms with Crippen LogP contribution in [0.3, 0.4) is 0 Å². The van der Waals surface area contributed by atoms with Gasteiger partial charge < -0.3 is 4.74 Å². The van der Waals surface area contributed by atoms with Crippen LogP contribution in [0.4, 0.5) is 4.39 Å². The van der Waals surface area contributed by atoms with Gasteiger partial charge in [-0.15, -0.1) is 23.1 Å². The van der Waals surface area contributed by atoms with E-state index in [1.807, 2.05) is 12.1 Å². The molecular weight excluding hydrogens is 393 g/mol. The Hall–Kier alpha value is -2.09. The molecule has 0 unspecified atom stereocenters. The van der Waals surface area contributed by atoms with Crippen LogP contribution >= 0.6 is 23.1 Å². The first-order valence-electron chi connectivity index (χ1n) is 9.06. The van der Waals surface area contributed by atoms with Gasteiger partial charge in [-0.25, -0.2) is 19.3 Å². The number of thiophene rings is 1. The van der Waals surface area contributed by atoms with Gasteiger partial charge in [-0.2, -0.15) is 0 Å². The average Bonchev–Trinajstić information content (AvgIpc) is 3.03. The summed E-state index contributed by atoms with van der Waals surface area (Å²) in [5.41, 5.74) is 4.08. The summed E-state index contributed by atoms with van der Waals surface area (Å²) >= 11 is 3.28. The van der Waals surface area contributed by atoms with Gasteiger partial charge in [-0.3, -0.25) is 0 Å². The lowest BCUT2D eigenvalue weighted by atomic mass is 9.95. The molecule has 1 aromatic carbocycles. The van der Waals surface area contributed by atoms with E-state index < -0.39 is 0 Å². The molecule has 0 fully saturated rings. The first-order valence-corrected chi connectivity index (χ1v) is 10.9. The third-order valence-corrected chi connectivity index (χ3v) is 7.17. The zero-order chi connectivity index (χ0) is 19.3. The number of hydrogen-bond acceptors (Lipinski definition) is 6. The predicted octanol–water partition coefficient (Wildman–Crippen LogP) is 5.52. The standard InChI is InChI=1S/C21H18FN3OS2/c1-21(2)8-16-13(9-26-21)7-15-17-18(28-19(15)25-16)20(24-11-23-17)27-10-12-3-5-14(22)6-4-12/h3-7,11H,8-10H2,1-2H3. The third-order valence-electron chi connectivity index (χ3n) is 4.88. The van der Waals surface area contributed by atoms with Crippen LogP contribution in [0.1, 0.15) is 30.7 Å². The normalized spacial score (nSPS) is 15.8. The van der Waals surface area contributed by atoms with Gasteiger partial charge in [0.15, 0.2) is 0 Å². The van der Waals surface area contributed by atoms with Crippen LogP contribution in [-0.2, 0) is 23.5 Å². The van der Waals surface area contributed by atoms with E-state index in [0.717, 1.165) is 54.5 Å². The molecule has 0 atom stereocenters. The highest BCUT2D eigenvalue weighted by molar-refractivity contribution is 7.98. The van der Waals surface area contributed by atoms with Gasteiger partial charge in [0.1, 0.15) is 22.0 Å². The van der Waals surface area contributed by atoms with E-state index in [4.69, 9.17) is 9.72 Å². The number of aromatic nitrogens is 3. The molecule has 0 saturated heterocycles. The Kier molecular flexibility index (Phi) is 4.34. The molecule has 142 valence electrons. The molecule has 5 rings (SSSR count). The van der Waals surface area contributed by atoms with E-state index in [-0.39, 0.29) is 11.4 Å². The molecular formula is C21H18FN3OS2. The minimum Gasteiger partial charge on any atom is -0.370 e. The zero-order valence-corrected chi connectivity index (χ0v) is 17.2. The van der Waals surface area contributed by atoms with Crippen molar-refractivity contribution in [1.82, 2.24) is 15.0 Å². The summed E-state index contributed by atoms with van der Waals surface area (Å²) in [7, 11) is 0. The van der Waals surface area contributed by atoms with Crippen molar-refractivity contribution in [3.8, 4) is 0 Å². The van der Waals surface area contributed by atoms with Crippen LogP contribution in [0.2, 0.25) is 0 Å². The van der Waals surface area contributed by atoms with Crippen LogP contribution in [0.15, 0.2) is 41.7 Å². The maximum Gasteiger partial charge on any atom is 0.126 e. The Balaban J connectivity index is 1.53. The van der Waals surface area contributed by atoms with Crippen molar-refractivity contribution in [2.24, 2.45) is 0 Å². The molecule has 0 saturated carbocycles. The summed E-state index contributed by atoms with van der Waals surface area (Å²) in [5.74, 6) is 0.511. The van der Waals surface area contributed by atoms with E-state index in [1.54, 1.807) is 29.4 Å². The largest absolute Gasteiger partial charge is 0.370 e. The average molecular weight is 412 g/mol. The molecule has 4 heterocycles. The van der Waals surface area contributed by atoms with Gasteiger partial charge >= 0.3 is 0 Å². The monoisotopic (exact) mass is 411 g/mol. The Bertz CT molecular complexity index is 1190. The lowest BCUT2D eigenvalue weighted by Gasteiger charge is -2.30. The van der Waals surface area contributed by atoms with Crippen LogP contribution in [0.5, 0.6) is 0 Å². The number of nitrogens with zero attached hydrogens (tertiary/aromatic N) is 3. The van der Waals surface area contributed by atoms with E-state index in [2.05, 4.69) is 29.9 Å². The van der Waals surface area contributed by atoms with Crippen LogP contribution in [-0.4, -0.2) is 20.6 Å². The van der Waals surface area contributed by atoms with Crippen molar-refractivity contribution in [3.05, 3.63) is 59.3 Å². The molecule has 0 aliphatic carbocycles. The van der Waals surface area contributed by atoms with Gasteiger partial charge in [0, 0.05) is 23.1 Å². The first kappa shape index (κ1) is 18.0.